The Labute approximate surface area is 219 Å². The van der Waals surface area contributed by atoms with Crippen LogP contribution >= 0.6 is 11.6 Å². The van der Waals surface area contributed by atoms with Gasteiger partial charge in [0.15, 0.2) is 23.0 Å². The van der Waals surface area contributed by atoms with Gasteiger partial charge in [0.05, 0.1) is 49.6 Å². The minimum absolute atomic E-state index is 0.0161. The molecule has 10 heteroatoms. The number of nitrogens with zero attached hydrogens (tertiary/aromatic N) is 1. The Morgan fingerprint density at radius 1 is 0.892 bits per heavy atom. The number of benzene rings is 3. The number of nitro benzene ring substituents is 1. The van der Waals surface area contributed by atoms with Gasteiger partial charge in [0.25, 0.3) is 5.69 Å². The summed E-state index contributed by atoms with van der Waals surface area (Å²) in [6, 6.07) is 12.9. The van der Waals surface area contributed by atoms with Crippen molar-refractivity contribution >= 4 is 40.9 Å². The number of rotatable bonds is 11. The van der Waals surface area contributed by atoms with Crippen LogP contribution in [0.2, 0.25) is 5.02 Å². The van der Waals surface area contributed by atoms with Gasteiger partial charge in [0.1, 0.15) is 0 Å². The van der Waals surface area contributed by atoms with Crippen molar-refractivity contribution in [3.05, 3.63) is 92.6 Å². The van der Waals surface area contributed by atoms with Gasteiger partial charge < -0.3 is 24.3 Å². The fourth-order valence-corrected chi connectivity index (χ4v) is 3.86. The van der Waals surface area contributed by atoms with Crippen molar-refractivity contribution in [2.24, 2.45) is 0 Å². The number of hydrogen-bond acceptors (Lipinski definition) is 8. The van der Waals surface area contributed by atoms with E-state index in [-0.39, 0.29) is 11.3 Å². The minimum atomic E-state index is -0.596. The molecule has 0 fully saturated rings. The van der Waals surface area contributed by atoms with E-state index in [1.807, 2.05) is 12.2 Å². The van der Waals surface area contributed by atoms with Crippen LogP contribution in [0.5, 0.6) is 23.0 Å². The highest BCUT2D eigenvalue weighted by atomic mass is 35.5. The number of anilines is 1. The first-order valence-corrected chi connectivity index (χ1v) is 11.3. The molecule has 3 aromatic rings. The topological polar surface area (TPSA) is 109 Å². The van der Waals surface area contributed by atoms with E-state index in [1.54, 1.807) is 44.6 Å². The summed E-state index contributed by atoms with van der Waals surface area (Å²) in [4.78, 5) is 23.1. The predicted octanol–water partition coefficient (Wildman–Crippen LogP) is 6.26. The van der Waals surface area contributed by atoms with E-state index in [2.05, 4.69) is 5.32 Å². The van der Waals surface area contributed by atoms with Crippen molar-refractivity contribution < 1.29 is 28.7 Å². The maximum Gasteiger partial charge on any atom is 0.280 e. The van der Waals surface area contributed by atoms with Crippen LogP contribution in [-0.2, 0) is 0 Å². The quantitative estimate of drug-likeness (QED) is 0.103. The van der Waals surface area contributed by atoms with Gasteiger partial charge in [0, 0.05) is 18.3 Å². The van der Waals surface area contributed by atoms with E-state index in [1.165, 1.54) is 44.7 Å². The summed E-state index contributed by atoms with van der Waals surface area (Å²) >= 11 is 6.42. The Morgan fingerprint density at radius 2 is 1.49 bits per heavy atom. The standard InChI is InChI=1S/C27H25ClN2O7/c1-34-24-15-18(16-25(35-2)27(24)37-4)10-9-17-13-20(28)26(36-3)21(14-17)29-12-11-23(31)19-7-5-6-8-22(19)30(32)33/h5-16,29H,1-4H3/b10-9-,12-11-. The number of hydrogen-bond donors (Lipinski definition) is 1. The Balaban J connectivity index is 1.87. The van der Waals surface area contributed by atoms with Crippen molar-refractivity contribution in [2.75, 3.05) is 33.8 Å². The lowest BCUT2D eigenvalue weighted by molar-refractivity contribution is -0.385. The van der Waals surface area contributed by atoms with Gasteiger partial charge in [-0.15, -0.1) is 0 Å². The summed E-state index contributed by atoms with van der Waals surface area (Å²) in [5.41, 5.74) is 1.74. The number of ether oxygens (including phenoxy) is 4. The first kappa shape index (κ1) is 27.1. The number of ketones is 1. The molecule has 0 saturated carbocycles. The Bertz CT molecular complexity index is 1340. The third-order valence-corrected chi connectivity index (χ3v) is 5.55. The summed E-state index contributed by atoms with van der Waals surface area (Å²) in [6.45, 7) is 0. The highest BCUT2D eigenvalue weighted by Crippen LogP contribution is 2.39. The molecule has 1 N–H and O–H groups in total. The van der Waals surface area contributed by atoms with E-state index in [0.29, 0.717) is 33.7 Å². The molecule has 0 radical (unpaired) electrons. The van der Waals surface area contributed by atoms with Gasteiger partial charge in [-0.1, -0.05) is 35.9 Å². The van der Waals surface area contributed by atoms with Crippen molar-refractivity contribution in [1.82, 2.24) is 0 Å². The third-order valence-electron chi connectivity index (χ3n) is 5.27. The first-order valence-electron chi connectivity index (χ1n) is 10.9. The monoisotopic (exact) mass is 524 g/mol. The lowest BCUT2D eigenvalue weighted by Gasteiger charge is -2.13. The zero-order chi connectivity index (χ0) is 26.9. The largest absolute Gasteiger partial charge is 0.493 e. The number of nitro groups is 1. The van der Waals surface area contributed by atoms with Gasteiger partial charge in [-0.2, -0.15) is 0 Å². The molecule has 0 aromatic heterocycles. The second-order valence-corrected chi connectivity index (χ2v) is 7.90. The SMILES string of the molecule is COc1cc(/C=C\c2cc(Cl)c(OC)c(N/C=C\C(=O)c3ccccc3[N+](=O)[O-])c2)cc(OC)c1OC. The van der Waals surface area contributed by atoms with E-state index < -0.39 is 10.7 Å². The number of methoxy groups -OCH3 is 4. The summed E-state index contributed by atoms with van der Waals surface area (Å²) in [5, 5.41) is 14.5. The molecule has 0 spiro atoms. The predicted molar refractivity (Wildman–Crippen MR) is 143 cm³/mol. The van der Waals surface area contributed by atoms with Crippen LogP contribution in [0.15, 0.2) is 60.8 Å². The summed E-state index contributed by atoms with van der Waals surface area (Å²) in [5.74, 6) is 1.37. The van der Waals surface area contributed by atoms with Crippen molar-refractivity contribution in [2.45, 2.75) is 0 Å². The fourth-order valence-electron chi connectivity index (χ4n) is 3.55. The molecule has 37 heavy (non-hydrogen) atoms. The lowest BCUT2D eigenvalue weighted by atomic mass is 10.1. The molecule has 0 saturated heterocycles. The lowest BCUT2D eigenvalue weighted by Crippen LogP contribution is -2.02. The van der Waals surface area contributed by atoms with Crippen LogP contribution in [0.3, 0.4) is 0 Å². The molecule has 9 nitrogen and oxygen atoms in total. The van der Waals surface area contributed by atoms with Crippen LogP contribution in [0, 0.1) is 10.1 Å². The van der Waals surface area contributed by atoms with Gasteiger partial charge in [0.2, 0.25) is 5.75 Å². The summed E-state index contributed by atoms with van der Waals surface area (Å²) < 4.78 is 21.5. The van der Waals surface area contributed by atoms with E-state index in [9.17, 15) is 14.9 Å². The summed E-state index contributed by atoms with van der Waals surface area (Å²) in [6.07, 6.45) is 6.26. The molecule has 3 rings (SSSR count). The van der Waals surface area contributed by atoms with E-state index >= 15 is 0 Å². The molecular formula is C27H25ClN2O7. The van der Waals surface area contributed by atoms with Crippen molar-refractivity contribution in [3.8, 4) is 23.0 Å². The summed E-state index contributed by atoms with van der Waals surface area (Å²) in [7, 11) is 6.09. The molecule has 3 aromatic carbocycles. The minimum Gasteiger partial charge on any atom is -0.493 e. The smallest absolute Gasteiger partial charge is 0.280 e. The molecule has 0 bridgehead atoms. The number of allylic oxidation sites excluding steroid dienone is 1. The number of halogens is 1. The number of para-hydroxylation sites is 1. The zero-order valence-corrected chi connectivity index (χ0v) is 21.4. The number of carbonyl (C=O) groups excluding carboxylic acids is 1. The van der Waals surface area contributed by atoms with Gasteiger partial charge in [-0.3, -0.25) is 14.9 Å². The van der Waals surface area contributed by atoms with E-state index in [4.69, 9.17) is 30.5 Å². The second-order valence-electron chi connectivity index (χ2n) is 7.49. The van der Waals surface area contributed by atoms with Crippen LogP contribution in [0.25, 0.3) is 12.2 Å². The maximum absolute atomic E-state index is 12.5. The first-order chi connectivity index (χ1) is 17.8. The Hall–Kier alpha value is -4.50. The molecule has 0 amide bonds. The zero-order valence-electron chi connectivity index (χ0n) is 20.6. The van der Waals surface area contributed by atoms with Crippen LogP contribution in [0.1, 0.15) is 21.5 Å². The van der Waals surface area contributed by atoms with Gasteiger partial charge in [-0.05, 0) is 41.5 Å². The average molecular weight is 525 g/mol. The molecule has 0 aliphatic rings. The highest BCUT2D eigenvalue weighted by Gasteiger charge is 2.17. The molecular weight excluding hydrogens is 500 g/mol. The molecule has 192 valence electrons. The molecule has 0 heterocycles. The second kappa shape index (κ2) is 12.5. The van der Waals surface area contributed by atoms with Crippen LogP contribution in [-0.4, -0.2) is 39.1 Å². The maximum atomic E-state index is 12.5. The Kier molecular flexibility index (Phi) is 9.12. The molecule has 0 atom stereocenters. The molecule has 0 aliphatic carbocycles. The molecule has 0 unspecified atom stereocenters. The average Bonchev–Trinajstić information content (AvgIpc) is 2.90. The van der Waals surface area contributed by atoms with Crippen LogP contribution in [0.4, 0.5) is 11.4 Å². The number of nitrogens with one attached hydrogen (secondary N) is 1. The van der Waals surface area contributed by atoms with E-state index in [0.717, 1.165) is 11.1 Å². The highest BCUT2D eigenvalue weighted by molar-refractivity contribution is 6.32. The van der Waals surface area contributed by atoms with Gasteiger partial charge in [-0.25, -0.2) is 0 Å². The van der Waals surface area contributed by atoms with Crippen molar-refractivity contribution in [3.63, 3.8) is 0 Å². The molecule has 0 aliphatic heterocycles. The van der Waals surface area contributed by atoms with Gasteiger partial charge >= 0.3 is 0 Å². The normalized spacial score (nSPS) is 10.9. The fraction of sp³-hybridized carbons (Fsp3) is 0.148. The van der Waals surface area contributed by atoms with Crippen molar-refractivity contribution in [1.29, 1.82) is 0 Å². The number of carbonyl (C=O) groups is 1. The Morgan fingerprint density at radius 3 is 2.05 bits per heavy atom. The third kappa shape index (κ3) is 6.39. The van der Waals surface area contributed by atoms with Crippen LogP contribution < -0.4 is 24.3 Å².